The molecular formula is C22H28O3P+. The smallest absolute Gasteiger partial charge is 0.489 e. The van der Waals surface area contributed by atoms with Crippen LogP contribution >= 0.6 is 7.65 Å². The van der Waals surface area contributed by atoms with E-state index in [1.807, 2.05) is 42.5 Å². The normalized spacial score (nSPS) is 12.0. The Balaban J connectivity index is 1.61. The van der Waals surface area contributed by atoms with Crippen LogP contribution in [0, 0.1) is 0 Å². The monoisotopic (exact) mass is 371 g/mol. The zero-order chi connectivity index (χ0) is 18.2. The van der Waals surface area contributed by atoms with Gasteiger partial charge in [-0.3, -0.25) is 0 Å². The Bertz CT molecular complexity index is 901. The van der Waals surface area contributed by atoms with E-state index in [-0.39, 0.29) is 0 Å². The fourth-order valence-corrected chi connectivity index (χ4v) is 4.51. The second kappa shape index (κ2) is 9.73. The lowest BCUT2D eigenvalue weighted by Crippen LogP contribution is -1.97. The van der Waals surface area contributed by atoms with Crippen LogP contribution in [0.1, 0.15) is 58.3 Å². The molecule has 1 heterocycles. The van der Waals surface area contributed by atoms with Gasteiger partial charge in [-0.25, -0.2) is 4.20 Å². The van der Waals surface area contributed by atoms with E-state index in [2.05, 4.69) is 6.92 Å². The topological polar surface area (TPSA) is 39.4 Å². The SMILES string of the molecule is CCCCCCCCCCOc1cccc2c3ccccc3o[p+](=O)c12. The van der Waals surface area contributed by atoms with Gasteiger partial charge in [0.1, 0.15) is 0 Å². The molecule has 0 radical (unpaired) electrons. The van der Waals surface area contributed by atoms with E-state index in [4.69, 9.17) is 8.93 Å². The molecule has 2 aromatic carbocycles. The fraction of sp³-hybridized carbons (Fsp3) is 0.455. The molecule has 138 valence electrons. The molecule has 3 nitrogen and oxygen atoms in total. The summed E-state index contributed by atoms with van der Waals surface area (Å²) >= 11 is 0. The van der Waals surface area contributed by atoms with Crippen LogP contribution in [0.3, 0.4) is 0 Å². The van der Waals surface area contributed by atoms with Crippen molar-refractivity contribution < 1.29 is 13.5 Å². The molecule has 4 heteroatoms. The van der Waals surface area contributed by atoms with Crippen LogP contribution in [0.5, 0.6) is 5.75 Å². The van der Waals surface area contributed by atoms with Crippen molar-refractivity contribution in [2.24, 2.45) is 0 Å². The van der Waals surface area contributed by atoms with Crippen molar-refractivity contribution in [2.75, 3.05) is 6.61 Å². The molecule has 0 spiro atoms. The van der Waals surface area contributed by atoms with Gasteiger partial charge in [0, 0.05) is 10.8 Å². The molecule has 1 aromatic heterocycles. The van der Waals surface area contributed by atoms with Gasteiger partial charge in [-0.1, -0.05) is 76.1 Å². The maximum Gasteiger partial charge on any atom is 0.601 e. The number of fused-ring (bicyclic) bond motifs is 3. The van der Waals surface area contributed by atoms with Gasteiger partial charge in [0.05, 0.1) is 6.61 Å². The lowest BCUT2D eigenvalue weighted by atomic mass is 10.1. The molecule has 0 bridgehead atoms. The highest BCUT2D eigenvalue weighted by Gasteiger charge is 2.21. The third kappa shape index (κ3) is 4.65. The van der Waals surface area contributed by atoms with Crippen LogP contribution in [0.15, 0.2) is 46.7 Å². The average Bonchev–Trinajstić information content (AvgIpc) is 2.67. The first kappa shape index (κ1) is 18.9. The van der Waals surface area contributed by atoms with E-state index in [0.29, 0.717) is 23.1 Å². The van der Waals surface area contributed by atoms with Gasteiger partial charge >= 0.3 is 7.65 Å². The van der Waals surface area contributed by atoms with Crippen molar-refractivity contribution in [1.82, 2.24) is 0 Å². The zero-order valence-corrected chi connectivity index (χ0v) is 16.5. The maximum absolute atomic E-state index is 12.6. The van der Waals surface area contributed by atoms with Crippen LogP contribution in [-0.2, 0) is 4.57 Å². The Kier molecular flexibility index (Phi) is 7.08. The Morgan fingerprint density at radius 1 is 0.846 bits per heavy atom. The average molecular weight is 371 g/mol. The van der Waals surface area contributed by atoms with Crippen molar-refractivity contribution in [2.45, 2.75) is 58.3 Å². The lowest BCUT2D eigenvalue weighted by molar-refractivity contribution is 0.308. The lowest BCUT2D eigenvalue weighted by Gasteiger charge is -2.06. The van der Waals surface area contributed by atoms with E-state index >= 15 is 0 Å². The Morgan fingerprint density at radius 2 is 1.54 bits per heavy atom. The quantitative estimate of drug-likeness (QED) is 0.269. The number of benzene rings is 2. The Hall–Kier alpha value is -1.86. The highest BCUT2D eigenvalue weighted by atomic mass is 31.1. The Labute approximate surface area is 156 Å². The molecule has 3 aromatic rings. The minimum atomic E-state index is -1.93. The maximum atomic E-state index is 12.6. The van der Waals surface area contributed by atoms with Crippen LogP contribution in [-0.4, -0.2) is 6.61 Å². The van der Waals surface area contributed by atoms with Crippen molar-refractivity contribution >= 4 is 29.1 Å². The van der Waals surface area contributed by atoms with Crippen LogP contribution < -0.4 is 4.74 Å². The summed E-state index contributed by atoms with van der Waals surface area (Å²) in [6.07, 6.45) is 10.2. The van der Waals surface area contributed by atoms with E-state index in [1.54, 1.807) is 0 Å². The summed E-state index contributed by atoms with van der Waals surface area (Å²) < 4.78 is 24.2. The van der Waals surface area contributed by atoms with Gasteiger partial charge in [-0.2, -0.15) is 0 Å². The van der Waals surface area contributed by atoms with Gasteiger partial charge in [0.25, 0.3) is 5.12 Å². The zero-order valence-electron chi connectivity index (χ0n) is 15.6. The van der Waals surface area contributed by atoms with Crippen molar-refractivity contribution in [3.63, 3.8) is 0 Å². The molecule has 0 saturated carbocycles. The molecule has 0 fully saturated rings. The fourth-order valence-electron chi connectivity index (χ4n) is 3.37. The van der Waals surface area contributed by atoms with Crippen LogP contribution in [0.2, 0.25) is 0 Å². The number of para-hydroxylation sites is 1. The van der Waals surface area contributed by atoms with E-state index in [1.165, 1.54) is 44.9 Å². The first-order valence-electron chi connectivity index (χ1n) is 9.81. The molecule has 1 unspecified atom stereocenters. The highest BCUT2D eigenvalue weighted by molar-refractivity contribution is 7.37. The van der Waals surface area contributed by atoms with Crippen molar-refractivity contribution in [3.05, 3.63) is 42.5 Å². The molecule has 26 heavy (non-hydrogen) atoms. The first-order valence-corrected chi connectivity index (χ1v) is 11.0. The summed E-state index contributed by atoms with van der Waals surface area (Å²) in [5.74, 6) is 0.695. The van der Waals surface area contributed by atoms with Crippen molar-refractivity contribution in [3.8, 4) is 5.75 Å². The largest absolute Gasteiger partial charge is 0.601 e. The van der Waals surface area contributed by atoms with Crippen molar-refractivity contribution in [1.29, 1.82) is 0 Å². The second-order valence-electron chi connectivity index (χ2n) is 6.82. The third-order valence-electron chi connectivity index (χ3n) is 4.80. The van der Waals surface area contributed by atoms with Gasteiger partial charge < -0.3 is 4.74 Å². The molecule has 0 aliphatic carbocycles. The molecule has 0 N–H and O–H groups in total. The van der Waals surface area contributed by atoms with Gasteiger partial charge in [0.15, 0.2) is 11.3 Å². The molecule has 0 amide bonds. The number of unbranched alkanes of at least 4 members (excludes halogenated alkanes) is 7. The summed E-state index contributed by atoms with van der Waals surface area (Å²) in [4.78, 5) is 0. The first-order chi connectivity index (χ1) is 12.8. The molecule has 3 rings (SSSR count). The van der Waals surface area contributed by atoms with Gasteiger partial charge in [0.2, 0.25) is 0 Å². The molecule has 0 aliphatic rings. The predicted molar refractivity (Wildman–Crippen MR) is 109 cm³/mol. The minimum Gasteiger partial charge on any atom is -0.489 e. The second-order valence-corrected chi connectivity index (χ2v) is 7.96. The molecular weight excluding hydrogens is 343 g/mol. The minimum absolute atomic E-state index is 0.663. The predicted octanol–water partition coefficient (Wildman–Crippen LogP) is 7.85. The van der Waals surface area contributed by atoms with E-state index in [0.717, 1.165) is 17.2 Å². The summed E-state index contributed by atoms with van der Waals surface area (Å²) in [7, 11) is -1.93. The molecule has 1 atom stereocenters. The van der Waals surface area contributed by atoms with Gasteiger partial charge in [-0.15, -0.1) is 0 Å². The van der Waals surface area contributed by atoms with Crippen LogP contribution in [0.25, 0.3) is 21.5 Å². The highest BCUT2D eigenvalue weighted by Crippen LogP contribution is 2.40. The van der Waals surface area contributed by atoms with E-state index in [9.17, 15) is 4.57 Å². The van der Waals surface area contributed by atoms with Gasteiger partial charge in [-0.05, 0) is 29.2 Å². The number of hydrogen-bond acceptors (Lipinski definition) is 3. The van der Waals surface area contributed by atoms with E-state index < -0.39 is 7.65 Å². The third-order valence-corrected chi connectivity index (χ3v) is 5.98. The standard InChI is InChI=1S/C22H28O3P/c1-2-3-4-5-6-7-8-11-17-24-21-16-12-14-19-18-13-9-10-15-20(18)25-26(23)22(19)21/h9-10,12-16H,2-8,11,17H2,1H3/q+1. The molecule has 0 saturated heterocycles. The summed E-state index contributed by atoms with van der Waals surface area (Å²) in [6.45, 7) is 2.91. The Morgan fingerprint density at radius 3 is 2.35 bits per heavy atom. The number of hydrogen-bond donors (Lipinski definition) is 0. The van der Waals surface area contributed by atoms with Crippen LogP contribution in [0.4, 0.5) is 0 Å². The molecule has 0 aliphatic heterocycles. The summed E-state index contributed by atoms with van der Waals surface area (Å²) in [5, 5.41) is 2.64. The summed E-state index contributed by atoms with van der Waals surface area (Å²) in [5.41, 5.74) is 0.682. The summed E-state index contributed by atoms with van der Waals surface area (Å²) in [6, 6.07) is 13.6. The number of rotatable bonds is 10. The number of ether oxygens (including phenoxy) is 1.